The first-order valence-electron chi connectivity index (χ1n) is 11.7. The van der Waals surface area contributed by atoms with Crippen molar-refractivity contribution in [2.75, 3.05) is 76.9 Å². The fourth-order valence-electron chi connectivity index (χ4n) is 4.07. The van der Waals surface area contributed by atoms with Crippen LogP contribution in [0.4, 0.5) is 5.95 Å². The van der Waals surface area contributed by atoms with Gasteiger partial charge in [-0.15, -0.1) is 0 Å². The average molecular weight is 417 g/mol. The second-order valence-corrected chi connectivity index (χ2v) is 8.44. The van der Waals surface area contributed by atoms with Crippen molar-refractivity contribution in [1.29, 1.82) is 0 Å². The first-order valence-corrected chi connectivity index (χ1v) is 11.7. The number of nitrogens with zero attached hydrogens (tertiary/aromatic N) is 6. The standard InChI is InChI=1S/C22H40N8/c1-3-23-21(24-10-5-12-28-13-6-20(2)7-14-28)25-11-15-29-16-18-30(19-17-29)22-26-8-4-9-27-22/h4,8-9,20H,3,5-7,10-19H2,1-2H3,(H2,23,24,25). The molecular weight excluding hydrogens is 376 g/mol. The van der Waals surface area contributed by atoms with E-state index in [1.807, 2.05) is 18.5 Å². The summed E-state index contributed by atoms with van der Waals surface area (Å²) in [6.45, 7) is 15.9. The minimum absolute atomic E-state index is 0.843. The van der Waals surface area contributed by atoms with Gasteiger partial charge in [0.05, 0.1) is 0 Å². The number of aromatic nitrogens is 2. The van der Waals surface area contributed by atoms with Gasteiger partial charge in [-0.2, -0.15) is 0 Å². The highest BCUT2D eigenvalue weighted by molar-refractivity contribution is 5.79. The van der Waals surface area contributed by atoms with Crippen LogP contribution in [0.15, 0.2) is 23.5 Å². The van der Waals surface area contributed by atoms with Gasteiger partial charge in [-0.3, -0.25) is 9.89 Å². The minimum Gasteiger partial charge on any atom is -0.357 e. The Labute approximate surface area is 182 Å². The summed E-state index contributed by atoms with van der Waals surface area (Å²) in [5.41, 5.74) is 0. The lowest BCUT2D eigenvalue weighted by molar-refractivity contribution is 0.192. The highest BCUT2D eigenvalue weighted by Gasteiger charge is 2.18. The summed E-state index contributed by atoms with van der Waals surface area (Å²) in [5.74, 6) is 2.69. The molecule has 3 heterocycles. The van der Waals surface area contributed by atoms with E-state index in [1.165, 1.54) is 32.5 Å². The summed E-state index contributed by atoms with van der Waals surface area (Å²) in [7, 11) is 0. The van der Waals surface area contributed by atoms with Crippen molar-refractivity contribution in [1.82, 2.24) is 30.4 Å². The number of anilines is 1. The van der Waals surface area contributed by atoms with Crippen molar-refractivity contribution in [3.63, 3.8) is 0 Å². The predicted molar refractivity (Wildman–Crippen MR) is 124 cm³/mol. The molecule has 3 rings (SSSR count). The lowest BCUT2D eigenvalue weighted by Crippen LogP contribution is -2.49. The maximum atomic E-state index is 4.77. The third-order valence-corrected chi connectivity index (χ3v) is 6.05. The molecule has 0 bridgehead atoms. The van der Waals surface area contributed by atoms with Crippen LogP contribution in [-0.2, 0) is 0 Å². The third kappa shape index (κ3) is 7.72. The molecule has 30 heavy (non-hydrogen) atoms. The Morgan fingerprint density at radius 3 is 2.40 bits per heavy atom. The second-order valence-electron chi connectivity index (χ2n) is 8.44. The molecule has 0 saturated carbocycles. The van der Waals surface area contributed by atoms with Crippen LogP contribution < -0.4 is 15.5 Å². The molecule has 0 atom stereocenters. The normalized spacial score (nSPS) is 19.8. The second kappa shape index (κ2) is 12.7. The molecule has 0 radical (unpaired) electrons. The topological polar surface area (TPSA) is 71.9 Å². The number of hydrogen-bond donors (Lipinski definition) is 2. The van der Waals surface area contributed by atoms with Crippen molar-refractivity contribution in [3.05, 3.63) is 18.5 Å². The molecule has 168 valence electrons. The zero-order valence-corrected chi connectivity index (χ0v) is 18.9. The zero-order valence-electron chi connectivity index (χ0n) is 18.9. The van der Waals surface area contributed by atoms with Gasteiger partial charge in [0.15, 0.2) is 5.96 Å². The van der Waals surface area contributed by atoms with E-state index in [2.05, 4.69) is 49.1 Å². The summed E-state index contributed by atoms with van der Waals surface area (Å²) < 4.78 is 0. The molecule has 1 aromatic heterocycles. The Kier molecular flexibility index (Phi) is 9.63. The van der Waals surface area contributed by atoms with Crippen LogP contribution >= 0.6 is 0 Å². The molecule has 0 spiro atoms. The third-order valence-electron chi connectivity index (χ3n) is 6.05. The maximum Gasteiger partial charge on any atom is 0.225 e. The Hall–Kier alpha value is -1.93. The quantitative estimate of drug-likeness (QED) is 0.357. The van der Waals surface area contributed by atoms with Crippen LogP contribution in [0, 0.1) is 5.92 Å². The average Bonchev–Trinajstić information content (AvgIpc) is 2.79. The number of aliphatic imine (C=N–C) groups is 1. The maximum absolute atomic E-state index is 4.77. The number of piperazine rings is 1. The summed E-state index contributed by atoms with van der Waals surface area (Å²) in [6, 6.07) is 1.86. The van der Waals surface area contributed by atoms with Crippen molar-refractivity contribution in [3.8, 4) is 0 Å². The molecule has 2 saturated heterocycles. The van der Waals surface area contributed by atoms with Gasteiger partial charge in [0.25, 0.3) is 0 Å². The molecule has 2 N–H and O–H groups in total. The number of hydrogen-bond acceptors (Lipinski definition) is 6. The van der Waals surface area contributed by atoms with Gasteiger partial charge in [0, 0.05) is 64.8 Å². The molecule has 2 aliphatic rings. The molecular formula is C22H40N8. The number of piperidine rings is 1. The number of likely N-dealkylation sites (tertiary alicyclic amines) is 1. The molecule has 0 aliphatic carbocycles. The van der Waals surface area contributed by atoms with Gasteiger partial charge < -0.3 is 20.4 Å². The van der Waals surface area contributed by atoms with Crippen LogP contribution in [0.25, 0.3) is 0 Å². The van der Waals surface area contributed by atoms with Crippen LogP contribution in [0.3, 0.4) is 0 Å². The van der Waals surface area contributed by atoms with Crippen LogP contribution in [0.1, 0.15) is 33.1 Å². The lowest BCUT2D eigenvalue weighted by Gasteiger charge is -2.34. The Morgan fingerprint density at radius 1 is 1.00 bits per heavy atom. The molecule has 1 aromatic rings. The van der Waals surface area contributed by atoms with Crippen molar-refractivity contribution < 1.29 is 0 Å². The fraction of sp³-hybridized carbons (Fsp3) is 0.773. The molecule has 2 aliphatic heterocycles. The molecule has 0 amide bonds. The predicted octanol–water partition coefficient (Wildman–Crippen LogP) is 1.28. The van der Waals surface area contributed by atoms with E-state index in [1.54, 1.807) is 0 Å². The first-order chi connectivity index (χ1) is 14.7. The summed E-state index contributed by atoms with van der Waals surface area (Å²) in [4.78, 5) is 20.8. The van der Waals surface area contributed by atoms with E-state index in [9.17, 15) is 0 Å². The van der Waals surface area contributed by atoms with Crippen LogP contribution in [0.5, 0.6) is 0 Å². The molecule has 0 unspecified atom stereocenters. The summed E-state index contributed by atoms with van der Waals surface area (Å²) in [6.07, 6.45) is 7.45. The van der Waals surface area contributed by atoms with Crippen molar-refractivity contribution in [2.45, 2.75) is 33.1 Å². The number of guanidine groups is 1. The first kappa shape index (κ1) is 22.7. The Bertz CT molecular complexity index is 607. The van der Waals surface area contributed by atoms with Gasteiger partial charge in [-0.25, -0.2) is 9.97 Å². The molecule has 8 nitrogen and oxygen atoms in total. The van der Waals surface area contributed by atoms with Crippen molar-refractivity contribution in [2.24, 2.45) is 10.9 Å². The molecule has 8 heteroatoms. The van der Waals surface area contributed by atoms with E-state index >= 15 is 0 Å². The van der Waals surface area contributed by atoms with Gasteiger partial charge in [-0.05, 0) is 57.8 Å². The molecule has 0 aromatic carbocycles. The number of rotatable bonds is 9. The van der Waals surface area contributed by atoms with Crippen LogP contribution in [-0.4, -0.2) is 97.7 Å². The smallest absolute Gasteiger partial charge is 0.225 e. The summed E-state index contributed by atoms with van der Waals surface area (Å²) in [5, 5.41) is 6.88. The highest BCUT2D eigenvalue weighted by atomic mass is 15.3. The zero-order chi connectivity index (χ0) is 21.0. The van der Waals surface area contributed by atoms with Gasteiger partial charge in [0.2, 0.25) is 5.95 Å². The lowest BCUT2D eigenvalue weighted by atomic mass is 9.99. The van der Waals surface area contributed by atoms with E-state index < -0.39 is 0 Å². The Morgan fingerprint density at radius 2 is 1.70 bits per heavy atom. The van der Waals surface area contributed by atoms with E-state index in [0.717, 1.165) is 76.6 Å². The molecule has 2 fully saturated rings. The monoisotopic (exact) mass is 416 g/mol. The van der Waals surface area contributed by atoms with Gasteiger partial charge in [0.1, 0.15) is 0 Å². The summed E-state index contributed by atoms with van der Waals surface area (Å²) >= 11 is 0. The van der Waals surface area contributed by atoms with Gasteiger partial charge >= 0.3 is 0 Å². The largest absolute Gasteiger partial charge is 0.357 e. The van der Waals surface area contributed by atoms with Crippen LogP contribution in [0.2, 0.25) is 0 Å². The highest BCUT2D eigenvalue weighted by Crippen LogP contribution is 2.15. The van der Waals surface area contributed by atoms with Gasteiger partial charge in [-0.1, -0.05) is 6.92 Å². The van der Waals surface area contributed by atoms with E-state index in [-0.39, 0.29) is 0 Å². The fourth-order valence-corrected chi connectivity index (χ4v) is 4.07. The number of nitrogens with one attached hydrogen (secondary N) is 2. The van der Waals surface area contributed by atoms with E-state index in [4.69, 9.17) is 4.99 Å². The SMILES string of the molecule is CCNC(=NCCCN1CCC(C)CC1)NCCN1CCN(c2ncccn2)CC1. The Balaban J connectivity index is 1.30. The van der Waals surface area contributed by atoms with E-state index in [0.29, 0.717) is 0 Å². The van der Waals surface area contributed by atoms with Crippen molar-refractivity contribution >= 4 is 11.9 Å². The minimum atomic E-state index is 0.843.